The molecule has 0 atom stereocenters. The molecule has 0 fully saturated rings. The molecule has 0 rings (SSSR count). The zero-order valence-corrected chi connectivity index (χ0v) is 5.46. The number of hydrogen-bond donors (Lipinski definition) is 2. The van der Waals surface area contributed by atoms with E-state index in [1.807, 2.05) is 0 Å². The van der Waals surface area contributed by atoms with Crippen LogP contribution in [0.2, 0.25) is 0 Å². The van der Waals surface area contributed by atoms with Crippen LogP contribution in [0.15, 0.2) is 0 Å². The standard InChI is InChI=1S/ClH.Ni.H2O4S/c;;1-5(2,3)4/h1H;;(H2,1,2,3,4). The predicted octanol–water partition coefficient (Wildman–Crippen LogP) is -0.233. The van der Waals surface area contributed by atoms with E-state index in [0.717, 1.165) is 0 Å². The molecule has 4 nitrogen and oxygen atoms in total. The van der Waals surface area contributed by atoms with E-state index in [-0.39, 0.29) is 28.9 Å². The Morgan fingerprint density at radius 3 is 1.14 bits per heavy atom. The topological polar surface area (TPSA) is 74.6 Å². The Hall–Kier alpha value is 0.654. The average molecular weight is 193 g/mol. The summed E-state index contributed by atoms with van der Waals surface area (Å²) in [5.74, 6) is 0. The van der Waals surface area contributed by atoms with Gasteiger partial charge in [-0.3, -0.25) is 9.11 Å². The molecule has 0 unspecified atom stereocenters. The second-order valence-corrected chi connectivity index (χ2v) is 1.34. The molecule has 0 saturated heterocycles. The first-order valence-corrected chi connectivity index (χ1v) is 2.10. The fourth-order valence-electron chi connectivity index (χ4n) is 0. The Morgan fingerprint density at radius 2 is 1.14 bits per heavy atom. The number of halogens is 1. The fraction of sp³-hybridized carbons (Fsp3) is 0. The van der Waals surface area contributed by atoms with E-state index >= 15 is 0 Å². The minimum Gasteiger partial charge on any atom is -0.264 e. The summed E-state index contributed by atoms with van der Waals surface area (Å²) in [6, 6.07) is 0. The van der Waals surface area contributed by atoms with Gasteiger partial charge in [0.05, 0.1) is 0 Å². The van der Waals surface area contributed by atoms with Crippen molar-refractivity contribution in [3.8, 4) is 0 Å². The Bertz CT molecular complexity index is 94.9. The van der Waals surface area contributed by atoms with Crippen molar-refractivity contribution in [2.75, 3.05) is 0 Å². The molecular formula is H3ClNiO4S. The smallest absolute Gasteiger partial charge is 0.264 e. The summed E-state index contributed by atoms with van der Waals surface area (Å²) in [7, 11) is -4.67. The molecule has 0 aromatic rings. The number of rotatable bonds is 0. The van der Waals surface area contributed by atoms with Gasteiger partial charge in [-0.25, -0.2) is 0 Å². The molecule has 0 aromatic heterocycles. The van der Waals surface area contributed by atoms with Crippen LogP contribution in [0, 0.1) is 0 Å². The van der Waals surface area contributed by atoms with Crippen LogP contribution in [0.1, 0.15) is 0 Å². The molecule has 0 saturated carbocycles. The Kier molecular flexibility index (Phi) is 10.7. The maximum absolute atomic E-state index is 8.74. The van der Waals surface area contributed by atoms with Crippen LogP contribution in [0.25, 0.3) is 0 Å². The normalized spacial score (nSPS) is 8.29. The van der Waals surface area contributed by atoms with E-state index < -0.39 is 10.4 Å². The monoisotopic (exact) mass is 192 g/mol. The van der Waals surface area contributed by atoms with E-state index in [1.54, 1.807) is 0 Å². The molecule has 2 N–H and O–H groups in total. The van der Waals surface area contributed by atoms with E-state index in [2.05, 4.69) is 0 Å². The molecule has 0 radical (unpaired) electrons. The van der Waals surface area contributed by atoms with Crippen molar-refractivity contribution in [1.29, 1.82) is 0 Å². The van der Waals surface area contributed by atoms with Gasteiger partial charge in [0.2, 0.25) is 0 Å². The van der Waals surface area contributed by atoms with Crippen LogP contribution >= 0.6 is 12.4 Å². The van der Waals surface area contributed by atoms with Crippen molar-refractivity contribution in [3.63, 3.8) is 0 Å². The largest absolute Gasteiger partial charge is 0.394 e. The average Bonchev–Trinajstić information content (AvgIpc) is 0.722. The maximum atomic E-state index is 8.74. The Morgan fingerprint density at radius 1 is 1.14 bits per heavy atom. The van der Waals surface area contributed by atoms with Crippen LogP contribution in [0.4, 0.5) is 0 Å². The van der Waals surface area contributed by atoms with E-state index in [1.165, 1.54) is 0 Å². The zero-order valence-electron chi connectivity index (χ0n) is 2.84. The predicted molar refractivity (Wildman–Crippen MR) is 21.4 cm³/mol. The quantitative estimate of drug-likeness (QED) is 0.411. The summed E-state index contributed by atoms with van der Waals surface area (Å²) in [5, 5.41) is 0. The van der Waals surface area contributed by atoms with Gasteiger partial charge < -0.3 is 0 Å². The van der Waals surface area contributed by atoms with Gasteiger partial charge in [-0.15, -0.1) is 12.4 Å². The molecule has 0 spiro atoms. The van der Waals surface area contributed by atoms with Crippen molar-refractivity contribution in [1.82, 2.24) is 0 Å². The van der Waals surface area contributed by atoms with Crippen molar-refractivity contribution >= 4 is 22.8 Å². The van der Waals surface area contributed by atoms with Crippen molar-refractivity contribution < 1.29 is 34.0 Å². The molecule has 0 aromatic carbocycles. The van der Waals surface area contributed by atoms with Gasteiger partial charge in [0, 0.05) is 16.5 Å². The molecule has 0 aliphatic rings. The summed E-state index contributed by atoms with van der Waals surface area (Å²) in [6.07, 6.45) is 0. The van der Waals surface area contributed by atoms with E-state index in [9.17, 15) is 0 Å². The maximum Gasteiger partial charge on any atom is 0.394 e. The van der Waals surface area contributed by atoms with E-state index in [4.69, 9.17) is 17.5 Å². The van der Waals surface area contributed by atoms with Gasteiger partial charge in [0.15, 0.2) is 0 Å². The molecule has 50 valence electrons. The van der Waals surface area contributed by atoms with Gasteiger partial charge >= 0.3 is 10.4 Å². The summed E-state index contributed by atoms with van der Waals surface area (Å²) in [6.45, 7) is 0. The zero-order chi connectivity index (χ0) is 4.50. The fourth-order valence-corrected chi connectivity index (χ4v) is 0. The van der Waals surface area contributed by atoms with Gasteiger partial charge in [0.25, 0.3) is 0 Å². The van der Waals surface area contributed by atoms with Crippen molar-refractivity contribution in [3.05, 3.63) is 0 Å². The van der Waals surface area contributed by atoms with Gasteiger partial charge in [-0.05, 0) is 0 Å². The van der Waals surface area contributed by atoms with Gasteiger partial charge in [0.1, 0.15) is 0 Å². The summed E-state index contributed by atoms with van der Waals surface area (Å²) in [4.78, 5) is 0. The third kappa shape index (κ3) is 337. The SMILES string of the molecule is Cl.O=S(=O)(O)O.[Ni]. The molecule has 0 bridgehead atoms. The second kappa shape index (κ2) is 4.80. The molecule has 0 aliphatic carbocycles. The van der Waals surface area contributed by atoms with Gasteiger partial charge in [-0.1, -0.05) is 0 Å². The molecule has 7 heteroatoms. The Balaban J connectivity index is -0.0000000800. The van der Waals surface area contributed by atoms with Crippen LogP contribution in [-0.4, -0.2) is 17.5 Å². The van der Waals surface area contributed by atoms with Crippen molar-refractivity contribution in [2.45, 2.75) is 0 Å². The van der Waals surface area contributed by atoms with Crippen molar-refractivity contribution in [2.24, 2.45) is 0 Å². The Labute approximate surface area is 57.2 Å². The van der Waals surface area contributed by atoms with Crippen LogP contribution < -0.4 is 0 Å². The van der Waals surface area contributed by atoms with Gasteiger partial charge in [-0.2, -0.15) is 8.42 Å². The molecule has 0 aliphatic heterocycles. The van der Waals surface area contributed by atoms with Crippen LogP contribution in [0.3, 0.4) is 0 Å². The summed E-state index contributed by atoms with van der Waals surface area (Å²) >= 11 is 0. The summed E-state index contributed by atoms with van der Waals surface area (Å²) in [5.41, 5.74) is 0. The first-order chi connectivity index (χ1) is 2.00. The van der Waals surface area contributed by atoms with E-state index in [0.29, 0.717) is 0 Å². The first kappa shape index (κ1) is 15.6. The third-order valence-electron chi connectivity index (χ3n) is 0. The second-order valence-electron chi connectivity index (χ2n) is 0.448. The molecule has 7 heavy (non-hydrogen) atoms. The third-order valence-corrected chi connectivity index (χ3v) is 0. The summed E-state index contributed by atoms with van der Waals surface area (Å²) < 4.78 is 31.6. The minimum atomic E-state index is -4.67. The number of hydrogen-bond acceptors (Lipinski definition) is 2. The minimum absolute atomic E-state index is 0. The molecular weight excluding hydrogens is 190 g/mol. The molecule has 0 amide bonds. The molecule has 0 heterocycles. The first-order valence-electron chi connectivity index (χ1n) is 0.698. The van der Waals surface area contributed by atoms with Crippen LogP contribution in [-0.2, 0) is 26.9 Å². The van der Waals surface area contributed by atoms with Crippen LogP contribution in [0.5, 0.6) is 0 Å².